The zero-order valence-corrected chi connectivity index (χ0v) is 13.5. The van der Waals surface area contributed by atoms with Crippen molar-refractivity contribution in [2.45, 2.75) is 32.2 Å². The second-order valence-corrected chi connectivity index (χ2v) is 6.12. The minimum Gasteiger partial charge on any atom is -0.315 e. The van der Waals surface area contributed by atoms with E-state index in [2.05, 4.69) is 48.1 Å². The Morgan fingerprint density at radius 2 is 2.00 bits per heavy atom. The molecule has 1 saturated heterocycles. The third-order valence-corrected chi connectivity index (χ3v) is 4.03. The Balaban J connectivity index is 2.15. The molecule has 1 heterocycles. The highest BCUT2D eigenvalue weighted by atomic mass is 15.2. The molecule has 1 N–H and O–H groups in total. The minimum atomic E-state index is 0.746. The fraction of sp³-hybridized carbons (Fsp3) is 1.00. The number of likely N-dealkylation sites (N-methyl/N-ethyl adjacent to an activating group) is 1. The Labute approximate surface area is 120 Å². The molecular formula is C15H34N4. The zero-order valence-electron chi connectivity index (χ0n) is 13.5. The van der Waals surface area contributed by atoms with Gasteiger partial charge in [0.2, 0.25) is 0 Å². The Morgan fingerprint density at radius 3 is 2.68 bits per heavy atom. The van der Waals surface area contributed by atoms with Crippen LogP contribution in [0.5, 0.6) is 0 Å². The van der Waals surface area contributed by atoms with Crippen LogP contribution in [0.3, 0.4) is 0 Å². The van der Waals surface area contributed by atoms with Crippen molar-refractivity contribution in [2.75, 3.05) is 67.0 Å². The molecule has 0 aromatic carbocycles. The number of rotatable bonds is 8. The molecule has 0 aromatic rings. The Bertz CT molecular complexity index is 220. The van der Waals surface area contributed by atoms with Crippen LogP contribution >= 0.6 is 0 Å². The number of hydrogen-bond donors (Lipinski definition) is 1. The Morgan fingerprint density at radius 1 is 1.21 bits per heavy atom. The van der Waals surface area contributed by atoms with Crippen LogP contribution in [0.15, 0.2) is 0 Å². The first-order valence-corrected chi connectivity index (χ1v) is 7.91. The Hall–Kier alpha value is -0.160. The minimum absolute atomic E-state index is 0.746. The van der Waals surface area contributed by atoms with Crippen molar-refractivity contribution in [3.63, 3.8) is 0 Å². The smallest absolute Gasteiger partial charge is 0.0220 e. The van der Waals surface area contributed by atoms with Gasteiger partial charge in [0.15, 0.2) is 0 Å². The van der Waals surface area contributed by atoms with E-state index in [1.54, 1.807) is 0 Å². The summed E-state index contributed by atoms with van der Waals surface area (Å²) in [5, 5.41) is 3.58. The van der Waals surface area contributed by atoms with Crippen molar-refractivity contribution in [3.8, 4) is 0 Å². The van der Waals surface area contributed by atoms with E-state index in [-0.39, 0.29) is 0 Å². The molecule has 4 nitrogen and oxygen atoms in total. The van der Waals surface area contributed by atoms with Crippen LogP contribution in [0.1, 0.15) is 26.2 Å². The summed E-state index contributed by atoms with van der Waals surface area (Å²) in [7, 11) is 6.53. The monoisotopic (exact) mass is 270 g/mol. The van der Waals surface area contributed by atoms with Gasteiger partial charge in [0.1, 0.15) is 0 Å². The van der Waals surface area contributed by atoms with E-state index in [1.165, 1.54) is 52.0 Å². The van der Waals surface area contributed by atoms with Crippen molar-refractivity contribution < 1.29 is 0 Å². The normalized spacial score (nSPS) is 22.9. The summed E-state index contributed by atoms with van der Waals surface area (Å²) >= 11 is 0. The van der Waals surface area contributed by atoms with Gasteiger partial charge in [-0.05, 0) is 66.6 Å². The quantitative estimate of drug-likeness (QED) is 0.663. The summed E-state index contributed by atoms with van der Waals surface area (Å²) in [5.74, 6) is 0. The molecule has 1 rings (SSSR count). The summed E-state index contributed by atoms with van der Waals surface area (Å²) in [6.07, 6.45) is 3.82. The molecule has 1 unspecified atom stereocenters. The van der Waals surface area contributed by atoms with E-state index in [0.29, 0.717) is 0 Å². The first-order valence-electron chi connectivity index (χ1n) is 7.91. The van der Waals surface area contributed by atoms with E-state index in [4.69, 9.17) is 0 Å². The van der Waals surface area contributed by atoms with Gasteiger partial charge in [-0.1, -0.05) is 6.92 Å². The van der Waals surface area contributed by atoms with Gasteiger partial charge in [0, 0.05) is 25.7 Å². The molecule has 114 valence electrons. The SMILES string of the molecule is CCC1CN(C)CCCN1CCNCCCN(C)C. The average molecular weight is 270 g/mol. The predicted molar refractivity (Wildman–Crippen MR) is 83.8 cm³/mol. The highest BCUT2D eigenvalue weighted by molar-refractivity contribution is 4.78. The molecule has 0 saturated carbocycles. The van der Waals surface area contributed by atoms with Crippen LogP contribution in [0.25, 0.3) is 0 Å². The molecule has 0 amide bonds. The molecule has 0 aliphatic carbocycles. The lowest BCUT2D eigenvalue weighted by Gasteiger charge is -2.30. The van der Waals surface area contributed by atoms with Crippen molar-refractivity contribution in [1.29, 1.82) is 0 Å². The molecule has 1 fully saturated rings. The lowest BCUT2D eigenvalue weighted by molar-refractivity contribution is 0.184. The third-order valence-electron chi connectivity index (χ3n) is 4.03. The van der Waals surface area contributed by atoms with Gasteiger partial charge in [-0.15, -0.1) is 0 Å². The highest BCUT2D eigenvalue weighted by Crippen LogP contribution is 2.11. The lowest BCUT2D eigenvalue weighted by atomic mass is 10.2. The summed E-state index contributed by atoms with van der Waals surface area (Å²) in [5.41, 5.74) is 0. The van der Waals surface area contributed by atoms with Gasteiger partial charge >= 0.3 is 0 Å². The summed E-state index contributed by atoms with van der Waals surface area (Å²) in [6.45, 7) is 10.7. The molecule has 1 atom stereocenters. The topological polar surface area (TPSA) is 21.8 Å². The van der Waals surface area contributed by atoms with Crippen LogP contribution in [0, 0.1) is 0 Å². The summed E-state index contributed by atoms with van der Waals surface area (Å²) in [6, 6.07) is 0.746. The molecular weight excluding hydrogens is 236 g/mol. The van der Waals surface area contributed by atoms with Crippen molar-refractivity contribution in [3.05, 3.63) is 0 Å². The van der Waals surface area contributed by atoms with E-state index < -0.39 is 0 Å². The maximum atomic E-state index is 3.58. The van der Waals surface area contributed by atoms with Crippen molar-refractivity contribution in [1.82, 2.24) is 20.0 Å². The van der Waals surface area contributed by atoms with Gasteiger partial charge in [-0.2, -0.15) is 0 Å². The maximum Gasteiger partial charge on any atom is 0.0220 e. The standard InChI is InChI=1S/C15H34N4/c1-5-15-14-18(4)11-7-12-19(15)13-9-16-8-6-10-17(2)3/h15-16H,5-14H2,1-4H3. The summed E-state index contributed by atoms with van der Waals surface area (Å²) in [4.78, 5) is 7.42. The first-order chi connectivity index (χ1) is 9.13. The fourth-order valence-corrected chi connectivity index (χ4v) is 2.84. The van der Waals surface area contributed by atoms with Crippen LogP contribution in [0.4, 0.5) is 0 Å². The van der Waals surface area contributed by atoms with Crippen LogP contribution in [-0.2, 0) is 0 Å². The fourth-order valence-electron chi connectivity index (χ4n) is 2.84. The zero-order chi connectivity index (χ0) is 14.1. The largest absolute Gasteiger partial charge is 0.315 e. The van der Waals surface area contributed by atoms with E-state index in [9.17, 15) is 0 Å². The molecule has 0 bridgehead atoms. The van der Waals surface area contributed by atoms with Gasteiger partial charge < -0.3 is 15.1 Å². The lowest BCUT2D eigenvalue weighted by Crippen LogP contribution is -2.43. The van der Waals surface area contributed by atoms with Crippen LogP contribution in [0.2, 0.25) is 0 Å². The van der Waals surface area contributed by atoms with Gasteiger partial charge in [0.25, 0.3) is 0 Å². The second-order valence-electron chi connectivity index (χ2n) is 6.12. The molecule has 0 spiro atoms. The van der Waals surface area contributed by atoms with Gasteiger partial charge in [-0.3, -0.25) is 4.90 Å². The number of nitrogens with zero attached hydrogens (tertiary/aromatic N) is 3. The second kappa shape index (κ2) is 9.70. The molecule has 19 heavy (non-hydrogen) atoms. The Kier molecular flexibility index (Phi) is 8.62. The molecule has 0 radical (unpaired) electrons. The molecule has 0 aromatic heterocycles. The van der Waals surface area contributed by atoms with E-state index in [0.717, 1.165) is 19.1 Å². The number of hydrogen-bond acceptors (Lipinski definition) is 4. The predicted octanol–water partition coefficient (Wildman–Crippen LogP) is 0.944. The molecule has 4 heteroatoms. The first kappa shape index (κ1) is 16.9. The van der Waals surface area contributed by atoms with E-state index in [1.807, 2.05) is 0 Å². The highest BCUT2D eigenvalue weighted by Gasteiger charge is 2.20. The van der Waals surface area contributed by atoms with Crippen molar-refractivity contribution in [2.24, 2.45) is 0 Å². The van der Waals surface area contributed by atoms with Gasteiger partial charge in [-0.25, -0.2) is 0 Å². The average Bonchev–Trinajstić information content (AvgIpc) is 2.54. The van der Waals surface area contributed by atoms with Crippen molar-refractivity contribution >= 4 is 0 Å². The molecule has 1 aliphatic rings. The summed E-state index contributed by atoms with van der Waals surface area (Å²) < 4.78 is 0. The number of nitrogens with one attached hydrogen (secondary N) is 1. The maximum absolute atomic E-state index is 3.58. The van der Waals surface area contributed by atoms with Crippen LogP contribution < -0.4 is 5.32 Å². The van der Waals surface area contributed by atoms with Gasteiger partial charge in [0.05, 0.1) is 0 Å². The third kappa shape index (κ3) is 7.25. The van der Waals surface area contributed by atoms with Crippen LogP contribution in [-0.4, -0.2) is 87.7 Å². The van der Waals surface area contributed by atoms with E-state index >= 15 is 0 Å². The molecule has 1 aliphatic heterocycles.